The van der Waals surface area contributed by atoms with Crippen molar-refractivity contribution in [2.24, 2.45) is 0 Å². The smallest absolute Gasteiger partial charge is 0.356 e. The molecule has 1 saturated heterocycles. The quantitative estimate of drug-likeness (QED) is 0.693. The third-order valence-electron chi connectivity index (χ3n) is 4.91. The highest BCUT2D eigenvalue weighted by Crippen LogP contribution is 2.30. The molecular weight excluding hydrogens is 426 g/mol. The number of piperidine rings is 1. The first-order valence-corrected chi connectivity index (χ1v) is 10.00. The van der Waals surface area contributed by atoms with Crippen LogP contribution in [0, 0.1) is 0 Å². The average molecular weight is 446 g/mol. The molecule has 0 atom stereocenters. The second kappa shape index (κ2) is 9.22. The summed E-state index contributed by atoms with van der Waals surface area (Å²) in [5.74, 6) is 0.450. The molecule has 0 aliphatic carbocycles. The van der Waals surface area contributed by atoms with Crippen LogP contribution in [0.2, 0.25) is 10.0 Å². The maximum atomic E-state index is 12.6. The molecule has 1 aliphatic heterocycles. The van der Waals surface area contributed by atoms with Gasteiger partial charge in [0.15, 0.2) is 0 Å². The Kier molecular flexibility index (Phi) is 6.90. The van der Waals surface area contributed by atoms with Crippen LogP contribution in [0.3, 0.4) is 0 Å². The Morgan fingerprint density at radius 3 is 2.52 bits per heavy atom. The second-order valence-corrected chi connectivity index (χ2v) is 7.73. The number of carbonyl (C=O) groups excluding carboxylic acids is 1. The number of aryl methyl sites for hydroxylation is 1. The topological polar surface area (TPSA) is 45.2 Å². The van der Waals surface area contributed by atoms with Crippen molar-refractivity contribution in [1.82, 2.24) is 10.3 Å². The number of halogens is 5. The van der Waals surface area contributed by atoms with Gasteiger partial charge >= 0.3 is 6.18 Å². The molecule has 2 aromatic rings. The number of carbonyl (C=O) groups is 1. The van der Waals surface area contributed by atoms with Gasteiger partial charge in [0.2, 0.25) is 5.91 Å². The molecule has 29 heavy (non-hydrogen) atoms. The van der Waals surface area contributed by atoms with Crippen LogP contribution in [0.25, 0.3) is 0 Å². The van der Waals surface area contributed by atoms with Crippen LogP contribution in [0.4, 0.5) is 19.0 Å². The summed E-state index contributed by atoms with van der Waals surface area (Å²) in [6.45, 7) is 1.23. The number of benzene rings is 1. The summed E-state index contributed by atoms with van der Waals surface area (Å²) in [7, 11) is 0. The van der Waals surface area contributed by atoms with Crippen molar-refractivity contribution < 1.29 is 18.0 Å². The van der Waals surface area contributed by atoms with Gasteiger partial charge in [-0.3, -0.25) is 4.79 Å². The van der Waals surface area contributed by atoms with Gasteiger partial charge in [0.25, 0.3) is 0 Å². The molecule has 1 aromatic heterocycles. The van der Waals surface area contributed by atoms with E-state index in [4.69, 9.17) is 23.2 Å². The molecule has 2 heterocycles. The highest BCUT2D eigenvalue weighted by molar-refractivity contribution is 6.42. The van der Waals surface area contributed by atoms with E-state index in [0.29, 0.717) is 54.6 Å². The largest absolute Gasteiger partial charge is 0.417 e. The number of hydrogen-bond acceptors (Lipinski definition) is 3. The maximum Gasteiger partial charge on any atom is 0.417 e. The van der Waals surface area contributed by atoms with Crippen LogP contribution in [-0.2, 0) is 17.4 Å². The van der Waals surface area contributed by atoms with E-state index in [9.17, 15) is 18.0 Å². The molecule has 0 bridgehead atoms. The minimum atomic E-state index is -4.39. The van der Waals surface area contributed by atoms with Crippen molar-refractivity contribution in [2.75, 3.05) is 18.0 Å². The Balaban J connectivity index is 1.46. The van der Waals surface area contributed by atoms with Gasteiger partial charge in [-0.05, 0) is 43.0 Å². The van der Waals surface area contributed by atoms with Crippen LogP contribution in [-0.4, -0.2) is 30.0 Å². The van der Waals surface area contributed by atoms with E-state index in [1.54, 1.807) is 12.1 Å². The number of rotatable bonds is 5. The van der Waals surface area contributed by atoms with Gasteiger partial charge < -0.3 is 10.2 Å². The van der Waals surface area contributed by atoms with Crippen LogP contribution in [0.5, 0.6) is 0 Å². The van der Waals surface area contributed by atoms with Gasteiger partial charge in [0.1, 0.15) is 5.82 Å². The van der Waals surface area contributed by atoms with Gasteiger partial charge in [-0.1, -0.05) is 35.3 Å². The van der Waals surface area contributed by atoms with Gasteiger partial charge in [-0.25, -0.2) is 4.98 Å². The lowest BCUT2D eigenvalue weighted by Crippen LogP contribution is -2.45. The predicted octanol–water partition coefficient (Wildman–Crippen LogP) is 5.13. The lowest BCUT2D eigenvalue weighted by molar-refractivity contribution is -0.137. The van der Waals surface area contributed by atoms with Gasteiger partial charge in [-0.2, -0.15) is 13.2 Å². The molecule has 1 amide bonds. The molecule has 156 valence electrons. The lowest BCUT2D eigenvalue weighted by atomic mass is 10.0. The maximum absolute atomic E-state index is 12.6. The van der Waals surface area contributed by atoms with E-state index < -0.39 is 11.7 Å². The van der Waals surface area contributed by atoms with Gasteiger partial charge in [0.05, 0.1) is 15.6 Å². The second-order valence-electron chi connectivity index (χ2n) is 6.94. The summed E-state index contributed by atoms with van der Waals surface area (Å²) in [5, 5.41) is 3.95. The zero-order chi connectivity index (χ0) is 21.0. The highest BCUT2D eigenvalue weighted by Gasteiger charge is 2.31. The van der Waals surface area contributed by atoms with Gasteiger partial charge in [0, 0.05) is 31.7 Å². The summed E-state index contributed by atoms with van der Waals surface area (Å²) in [6.07, 6.45) is -1.33. The molecule has 0 saturated carbocycles. The molecular formula is C20H20Cl2F3N3O. The Morgan fingerprint density at radius 1 is 1.17 bits per heavy atom. The summed E-state index contributed by atoms with van der Waals surface area (Å²) in [6, 6.07) is 7.80. The molecule has 0 unspecified atom stereocenters. The molecule has 0 spiro atoms. The number of alkyl halides is 3. The number of hydrogen-bond donors (Lipinski definition) is 1. The molecule has 9 heteroatoms. The minimum absolute atomic E-state index is 0.0306. The van der Waals surface area contributed by atoms with Crippen LogP contribution in [0.1, 0.15) is 30.4 Å². The van der Waals surface area contributed by atoms with Crippen molar-refractivity contribution in [2.45, 2.75) is 37.9 Å². The number of anilines is 1. The monoisotopic (exact) mass is 445 g/mol. The summed E-state index contributed by atoms with van der Waals surface area (Å²) < 4.78 is 37.9. The van der Waals surface area contributed by atoms with Crippen molar-refractivity contribution >= 4 is 34.9 Å². The minimum Gasteiger partial charge on any atom is -0.356 e. The summed E-state index contributed by atoms with van der Waals surface area (Å²) >= 11 is 12.1. The Morgan fingerprint density at radius 2 is 1.90 bits per heavy atom. The summed E-state index contributed by atoms with van der Waals surface area (Å²) in [5.41, 5.74) is 0.0701. The first-order chi connectivity index (χ1) is 13.7. The standard InChI is InChI=1S/C20H20Cl2F3N3O/c21-16-3-1-2-13(19(16)22)4-7-18(29)27-15-8-10-28(11-9-15)17-6-5-14(12-26-17)20(23,24)25/h1-3,5-6,12,15H,4,7-11H2,(H,27,29). The number of pyridine rings is 1. The fourth-order valence-electron chi connectivity index (χ4n) is 3.28. The Bertz CT molecular complexity index is 851. The average Bonchev–Trinajstić information content (AvgIpc) is 2.69. The molecule has 4 nitrogen and oxygen atoms in total. The number of nitrogens with one attached hydrogen (secondary N) is 1. The predicted molar refractivity (Wildman–Crippen MR) is 107 cm³/mol. The Hall–Kier alpha value is -1.99. The molecule has 1 N–H and O–H groups in total. The normalized spacial score (nSPS) is 15.4. The van der Waals surface area contributed by atoms with E-state index in [1.807, 2.05) is 11.0 Å². The van der Waals surface area contributed by atoms with Gasteiger partial charge in [-0.15, -0.1) is 0 Å². The molecule has 0 radical (unpaired) electrons. The van der Waals surface area contributed by atoms with Crippen LogP contribution < -0.4 is 10.2 Å². The molecule has 3 rings (SSSR count). The Labute approximate surface area is 177 Å². The van der Waals surface area contributed by atoms with Crippen molar-refractivity contribution in [3.63, 3.8) is 0 Å². The van der Waals surface area contributed by atoms with Crippen LogP contribution in [0.15, 0.2) is 36.5 Å². The van der Waals surface area contributed by atoms with Crippen molar-refractivity contribution in [3.8, 4) is 0 Å². The molecule has 1 aromatic carbocycles. The van der Waals surface area contributed by atoms with E-state index in [1.165, 1.54) is 6.07 Å². The highest BCUT2D eigenvalue weighted by atomic mass is 35.5. The SMILES string of the molecule is O=C(CCc1cccc(Cl)c1Cl)NC1CCN(c2ccc(C(F)(F)F)cn2)CC1. The lowest BCUT2D eigenvalue weighted by Gasteiger charge is -2.33. The van der Waals surface area contributed by atoms with E-state index in [-0.39, 0.29) is 11.9 Å². The molecule has 1 fully saturated rings. The number of nitrogens with zero attached hydrogens (tertiary/aromatic N) is 2. The fourth-order valence-corrected chi connectivity index (χ4v) is 3.70. The third kappa shape index (κ3) is 5.76. The molecule has 1 aliphatic rings. The zero-order valence-electron chi connectivity index (χ0n) is 15.5. The first-order valence-electron chi connectivity index (χ1n) is 9.24. The van der Waals surface area contributed by atoms with E-state index in [2.05, 4.69) is 10.3 Å². The van der Waals surface area contributed by atoms with E-state index >= 15 is 0 Å². The first kappa shape index (κ1) is 21.7. The van der Waals surface area contributed by atoms with Crippen molar-refractivity contribution in [1.29, 1.82) is 0 Å². The fraction of sp³-hybridized carbons (Fsp3) is 0.400. The van der Waals surface area contributed by atoms with E-state index in [0.717, 1.165) is 17.8 Å². The van der Waals surface area contributed by atoms with Crippen molar-refractivity contribution in [3.05, 3.63) is 57.7 Å². The summed E-state index contributed by atoms with van der Waals surface area (Å²) in [4.78, 5) is 18.1. The number of aromatic nitrogens is 1. The zero-order valence-corrected chi connectivity index (χ0v) is 17.0. The van der Waals surface area contributed by atoms with Crippen LogP contribution >= 0.6 is 23.2 Å². The third-order valence-corrected chi connectivity index (χ3v) is 5.77. The number of amides is 1.